The molecule has 0 saturated carbocycles. The Morgan fingerprint density at radius 3 is 2.86 bits per heavy atom. The lowest BCUT2D eigenvalue weighted by molar-refractivity contribution is 0.218. The van der Waals surface area contributed by atoms with Crippen molar-refractivity contribution in [1.29, 1.82) is 0 Å². The minimum absolute atomic E-state index is 0.0490. The number of hydrogen-bond acceptors (Lipinski definition) is 5. The van der Waals surface area contributed by atoms with Crippen LogP contribution in [0.4, 0.5) is 11.8 Å². The van der Waals surface area contributed by atoms with E-state index in [1.54, 1.807) is 12.3 Å². The molecule has 0 aliphatic carbocycles. The molecule has 0 aliphatic heterocycles. The van der Waals surface area contributed by atoms with Gasteiger partial charge in [-0.15, -0.1) is 0 Å². The van der Waals surface area contributed by atoms with E-state index in [0.717, 1.165) is 6.42 Å². The Balaban J connectivity index is 2.77. The standard InChI is InChI=1S/C9H16N4O/c1-3-9(2,6-14)13-7-4-5-11-8(10)12-7/h4-5,14H,3,6H2,1-2H3,(H3,10,11,12,13). The Morgan fingerprint density at radius 2 is 2.36 bits per heavy atom. The van der Waals surface area contributed by atoms with Crippen molar-refractivity contribution in [3.63, 3.8) is 0 Å². The largest absolute Gasteiger partial charge is 0.394 e. The van der Waals surface area contributed by atoms with Crippen molar-refractivity contribution >= 4 is 11.8 Å². The lowest BCUT2D eigenvalue weighted by Gasteiger charge is -2.27. The van der Waals surface area contributed by atoms with Gasteiger partial charge in [-0.1, -0.05) is 6.92 Å². The highest BCUT2D eigenvalue weighted by Gasteiger charge is 2.20. The zero-order valence-electron chi connectivity index (χ0n) is 8.49. The Bertz CT molecular complexity index is 299. The lowest BCUT2D eigenvalue weighted by Crippen LogP contribution is -2.38. The van der Waals surface area contributed by atoms with E-state index in [2.05, 4.69) is 15.3 Å². The van der Waals surface area contributed by atoms with Crippen LogP contribution < -0.4 is 11.1 Å². The van der Waals surface area contributed by atoms with Crippen molar-refractivity contribution in [3.8, 4) is 0 Å². The Morgan fingerprint density at radius 1 is 1.64 bits per heavy atom. The fraction of sp³-hybridized carbons (Fsp3) is 0.556. The van der Waals surface area contributed by atoms with Crippen LogP contribution in [-0.2, 0) is 0 Å². The lowest BCUT2D eigenvalue weighted by atomic mass is 10.0. The van der Waals surface area contributed by atoms with Crippen LogP contribution in [-0.4, -0.2) is 27.2 Å². The molecular formula is C9H16N4O. The van der Waals surface area contributed by atoms with E-state index in [-0.39, 0.29) is 18.1 Å². The van der Waals surface area contributed by atoms with E-state index in [1.165, 1.54) is 0 Å². The molecule has 5 nitrogen and oxygen atoms in total. The smallest absolute Gasteiger partial charge is 0.221 e. The van der Waals surface area contributed by atoms with Gasteiger partial charge in [0.25, 0.3) is 0 Å². The van der Waals surface area contributed by atoms with Crippen molar-refractivity contribution in [2.45, 2.75) is 25.8 Å². The highest BCUT2D eigenvalue weighted by molar-refractivity contribution is 5.39. The molecule has 1 unspecified atom stereocenters. The number of anilines is 2. The Labute approximate surface area is 83.4 Å². The van der Waals surface area contributed by atoms with Crippen molar-refractivity contribution in [2.75, 3.05) is 17.7 Å². The molecule has 1 rings (SSSR count). The number of rotatable bonds is 4. The third-order valence-corrected chi connectivity index (χ3v) is 2.23. The van der Waals surface area contributed by atoms with Gasteiger partial charge in [0.1, 0.15) is 5.82 Å². The summed E-state index contributed by atoms with van der Waals surface area (Å²) in [5, 5.41) is 12.3. The van der Waals surface area contributed by atoms with Crippen LogP contribution >= 0.6 is 0 Å². The number of nitrogens with one attached hydrogen (secondary N) is 1. The SMILES string of the molecule is CCC(C)(CO)Nc1ccnc(N)n1. The minimum Gasteiger partial charge on any atom is -0.394 e. The van der Waals surface area contributed by atoms with Gasteiger partial charge in [-0.25, -0.2) is 4.98 Å². The number of nitrogens with two attached hydrogens (primary N) is 1. The van der Waals surface area contributed by atoms with Gasteiger partial charge in [0, 0.05) is 6.20 Å². The number of nitrogens with zero attached hydrogens (tertiary/aromatic N) is 2. The average molecular weight is 196 g/mol. The second-order valence-electron chi connectivity index (χ2n) is 3.50. The summed E-state index contributed by atoms with van der Waals surface area (Å²) in [7, 11) is 0. The molecule has 5 heteroatoms. The van der Waals surface area contributed by atoms with Gasteiger partial charge in [0.05, 0.1) is 12.1 Å². The molecule has 0 spiro atoms. The van der Waals surface area contributed by atoms with Gasteiger partial charge in [-0.2, -0.15) is 4.98 Å². The van der Waals surface area contributed by atoms with E-state index in [0.29, 0.717) is 5.82 Å². The predicted molar refractivity (Wildman–Crippen MR) is 55.8 cm³/mol. The molecule has 1 heterocycles. The summed E-state index contributed by atoms with van der Waals surface area (Å²) < 4.78 is 0. The maximum Gasteiger partial charge on any atom is 0.221 e. The van der Waals surface area contributed by atoms with E-state index >= 15 is 0 Å². The van der Waals surface area contributed by atoms with E-state index in [9.17, 15) is 5.11 Å². The average Bonchev–Trinajstić information content (AvgIpc) is 2.18. The van der Waals surface area contributed by atoms with Crippen molar-refractivity contribution in [2.24, 2.45) is 0 Å². The van der Waals surface area contributed by atoms with Crippen LogP contribution in [0, 0.1) is 0 Å². The molecule has 14 heavy (non-hydrogen) atoms. The van der Waals surface area contributed by atoms with Crippen LogP contribution in [0.5, 0.6) is 0 Å². The summed E-state index contributed by atoms with van der Waals surface area (Å²) in [5.41, 5.74) is 5.08. The van der Waals surface area contributed by atoms with Crippen LogP contribution in [0.3, 0.4) is 0 Å². The molecule has 0 amide bonds. The summed E-state index contributed by atoms with van der Waals surface area (Å²) >= 11 is 0. The van der Waals surface area contributed by atoms with Gasteiger partial charge in [-0.3, -0.25) is 0 Å². The van der Waals surface area contributed by atoms with Crippen LogP contribution in [0.25, 0.3) is 0 Å². The summed E-state index contributed by atoms with van der Waals surface area (Å²) in [6.45, 7) is 3.96. The summed E-state index contributed by atoms with van der Waals surface area (Å²) in [6.07, 6.45) is 2.38. The fourth-order valence-electron chi connectivity index (χ4n) is 0.992. The maximum absolute atomic E-state index is 9.18. The van der Waals surface area contributed by atoms with Crippen molar-refractivity contribution in [1.82, 2.24) is 9.97 Å². The summed E-state index contributed by atoms with van der Waals surface area (Å²) in [5.74, 6) is 0.863. The van der Waals surface area contributed by atoms with Crippen molar-refractivity contribution < 1.29 is 5.11 Å². The highest BCUT2D eigenvalue weighted by atomic mass is 16.3. The zero-order chi connectivity index (χ0) is 10.6. The molecule has 1 aromatic rings. The van der Waals surface area contributed by atoms with Gasteiger partial charge >= 0.3 is 0 Å². The second-order valence-corrected chi connectivity index (χ2v) is 3.50. The molecule has 78 valence electrons. The first-order chi connectivity index (χ1) is 6.59. The number of aliphatic hydroxyl groups is 1. The maximum atomic E-state index is 9.18. The highest BCUT2D eigenvalue weighted by Crippen LogP contribution is 2.15. The second kappa shape index (κ2) is 4.23. The van der Waals surface area contributed by atoms with E-state index in [1.807, 2.05) is 13.8 Å². The molecule has 0 bridgehead atoms. The quantitative estimate of drug-likeness (QED) is 0.657. The fourth-order valence-corrected chi connectivity index (χ4v) is 0.992. The number of hydrogen-bond donors (Lipinski definition) is 3. The summed E-state index contributed by atoms with van der Waals surface area (Å²) in [4.78, 5) is 7.78. The number of aromatic nitrogens is 2. The predicted octanol–water partition coefficient (Wildman–Crippen LogP) is 0.632. The van der Waals surface area contributed by atoms with Gasteiger partial charge in [-0.05, 0) is 19.4 Å². The van der Waals surface area contributed by atoms with Gasteiger partial charge < -0.3 is 16.2 Å². The molecule has 0 radical (unpaired) electrons. The van der Waals surface area contributed by atoms with E-state index in [4.69, 9.17) is 5.73 Å². The molecular weight excluding hydrogens is 180 g/mol. The first kappa shape index (κ1) is 10.7. The Hall–Kier alpha value is -1.36. The third-order valence-electron chi connectivity index (χ3n) is 2.23. The van der Waals surface area contributed by atoms with Crippen LogP contribution in [0.1, 0.15) is 20.3 Å². The molecule has 0 aliphatic rings. The molecule has 0 saturated heterocycles. The molecule has 0 aromatic carbocycles. The first-order valence-electron chi connectivity index (χ1n) is 4.57. The van der Waals surface area contributed by atoms with Crippen LogP contribution in [0.15, 0.2) is 12.3 Å². The van der Waals surface area contributed by atoms with Crippen molar-refractivity contribution in [3.05, 3.63) is 12.3 Å². The number of nitrogen functional groups attached to an aromatic ring is 1. The molecule has 0 fully saturated rings. The monoisotopic (exact) mass is 196 g/mol. The number of aliphatic hydroxyl groups excluding tert-OH is 1. The Kier molecular flexibility index (Phi) is 3.24. The van der Waals surface area contributed by atoms with Gasteiger partial charge in [0.2, 0.25) is 5.95 Å². The van der Waals surface area contributed by atoms with E-state index < -0.39 is 0 Å². The first-order valence-corrected chi connectivity index (χ1v) is 4.57. The van der Waals surface area contributed by atoms with Crippen LogP contribution in [0.2, 0.25) is 0 Å². The molecule has 1 atom stereocenters. The molecule has 1 aromatic heterocycles. The zero-order valence-corrected chi connectivity index (χ0v) is 8.49. The molecule has 4 N–H and O–H groups in total. The third kappa shape index (κ3) is 2.56. The normalized spacial score (nSPS) is 14.8. The minimum atomic E-state index is -0.360. The summed E-state index contributed by atoms with van der Waals surface area (Å²) in [6, 6.07) is 1.72. The topological polar surface area (TPSA) is 84.1 Å². The van der Waals surface area contributed by atoms with Gasteiger partial charge in [0.15, 0.2) is 0 Å².